The summed E-state index contributed by atoms with van der Waals surface area (Å²) in [6.45, 7) is 8.09. The summed E-state index contributed by atoms with van der Waals surface area (Å²) in [6.07, 6.45) is 2.80. The van der Waals surface area contributed by atoms with Gasteiger partial charge >= 0.3 is 0 Å². The van der Waals surface area contributed by atoms with Crippen molar-refractivity contribution in [3.8, 4) is 0 Å². The molecule has 0 radical (unpaired) electrons. The average molecular weight is 210 g/mol. The normalized spacial score (nSPS) is 12.8. The molecule has 0 bridgehead atoms. The molecule has 0 fully saturated rings. The predicted octanol–water partition coefficient (Wildman–Crippen LogP) is 2.68. The molecule has 0 saturated heterocycles. The zero-order chi connectivity index (χ0) is 10.6. The minimum absolute atomic E-state index is 0.174. The van der Waals surface area contributed by atoms with Crippen molar-refractivity contribution in [2.75, 3.05) is 0 Å². The van der Waals surface area contributed by atoms with Crippen molar-refractivity contribution in [1.82, 2.24) is 4.98 Å². The van der Waals surface area contributed by atoms with E-state index in [1.165, 1.54) is 5.57 Å². The number of rotatable bonds is 5. The second-order valence-corrected chi connectivity index (χ2v) is 4.60. The van der Waals surface area contributed by atoms with Crippen LogP contribution in [0.15, 0.2) is 17.5 Å². The average Bonchev–Trinajstić information content (AvgIpc) is 2.50. The van der Waals surface area contributed by atoms with Gasteiger partial charge in [0, 0.05) is 23.5 Å². The van der Waals surface area contributed by atoms with Gasteiger partial charge in [0.05, 0.1) is 5.01 Å². The first-order valence-electron chi connectivity index (χ1n) is 4.95. The first-order chi connectivity index (χ1) is 6.61. The molecule has 14 heavy (non-hydrogen) atoms. The van der Waals surface area contributed by atoms with Gasteiger partial charge in [-0.2, -0.15) is 0 Å². The topological polar surface area (TPSA) is 38.9 Å². The molecule has 3 heteroatoms. The monoisotopic (exact) mass is 210 g/mol. The molecule has 0 aliphatic heterocycles. The van der Waals surface area contributed by atoms with Gasteiger partial charge in [-0.1, -0.05) is 19.1 Å². The van der Waals surface area contributed by atoms with Crippen molar-refractivity contribution in [3.05, 3.63) is 28.2 Å². The molecule has 2 N–H and O–H groups in total. The van der Waals surface area contributed by atoms with E-state index in [4.69, 9.17) is 5.73 Å². The number of aryl methyl sites for hydroxylation is 1. The lowest BCUT2D eigenvalue weighted by Gasteiger charge is -2.10. The van der Waals surface area contributed by atoms with E-state index in [2.05, 4.69) is 23.9 Å². The molecule has 1 unspecified atom stereocenters. The van der Waals surface area contributed by atoms with Crippen LogP contribution in [0.2, 0.25) is 0 Å². The van der Waals surface area contributed by atoms with Gasteiger partial charge in [0.25, 0.3) is 0 Å². The summed E-state index contributed by atoms with van der Waals surface area (Å²) in [5.74, 6) is 0. The lowest BCUT2D eigenvalue weighted by atomic mass is 10.0. The first kappa shape index (κ1) is 11.4. The van der Waals surface area contributed by atoms with Gasteiger partial charge in [0.2, 0.25) is 0 Å². The molecule has 78 valence electrons. The van der Waals surface area contributed by atoms with Gasteiger partial charge in [-0.15, -0.1) is 11.3 Å². The summed E-state index contributed by atoms with van der Waals surface area (Å²) in [4.78, 5) is 4.39. The van der Waals surface area contributed by atoms with Gasteiger partial charge in [-0.25, -0.2) is 4.98 Å². The van der Waals surface area contributed by atoms with E-state index in [0.29, 0.717) is 0 Å². The number of nitrogens with zero attached hydrogens (tertiary/aromatic N) is 1. The molecule has 0 aromatic carbocycles. The van der Waals surface area contributed by atoms with E-state index in [1.54, 1.807) is 11.3 Å². The summed E-state index contributed by atoms with van der Waals surface area (Å²) in [7, 11) is 0. The fraction of sp³-hybridized carbons (Fsp3) is 0.545. The van der Waals surface area contributed by atoms with Crippen molar-refractivity contribution in [2.24, 2.45) is 5.73 Å². The SMILES string of the molecule is C=C(CC)CC(N)Cc1nc(C)cs1. The Hall–Kier alpha value is -0.670. The molecule has 0 amide bonds. The van der Waals surface area contributed by atoms with E-state index < -0.39 is 0 Å². The second kappa shape index (κ2) is 5.27. The molecular formula is C11H18N2S. The zero-order valence-corrected chi connectivity index (χ0v) is 9.73. The Balaban J connectivity index is 2.41. The number of hydrogen-bond donors (Lipinski definition) is 1. The maximum absolute atomic E-state index is 6.00. The summed E-state index contributed by atoms with van der Waals surface area (Å²) >= 11 is 1.69. The Morgan fingerprint density at radius 2 is 2.43 bits per heavy atom. The van der Waals surface area contributed by atoms with Gasteiger partial charge in [0.15, 0.2) is 0 Å². The standard InChI is InChI=1S/C11H18N2S/c1-4-8(2)5-10(12)6-11-13-9(3)7-14-11/h7,10H,2,4-6,12H2,1,3H3. The summed E-state index contributed by atoms with van der Waals surface area (Å²) < 4.78 is 0. The highest BCUT2D eigenvalue weighted by Crippen LogP contribution is 2.14. The van der Waals surface area contributed by atoms with Crippen LogP contribution in [-0.4, -0.2) is 11.0 Å². The van der Waals surface area contributed by atoms with E-state index >= 15 is 0 Å². The van der Waals surface area contributed by atoms with Crippen molar-refractivity contribution in [2.45, 2.75) is 39.2 Å². The molecule has 0 spiro atoms. The Bertz CT molecular complexity index is 304. The van der Waals surface area contributed by atoms with E-state index in [1.807, 2.05) is 6.92 Å². The Morgan fingerprint density at radius 1 is 1.71 bits per heavy atom. The van der Waals surface area contributed by atoms with Gasteiger partial charge in [-0.05, 0) is 19.8 Å². The zero-order valence-electron chi connectivity index (χ0n) is 8.92. The van der Waals surface area contributed by atoms with E-state index in [0.717, 1.165) is 30.0 Å². The van der Waals surface area contributed by atoms with Crippen LogP contribution in [-0.2, 0) is 6.42 Å². The van der Waals surface area contributed by atoms with E-state index in [-0.39, 0.29) is 6.04 Å². The number of nitrogens with two attached hydrogens (primary N) is 1. The smallest absolute Gasteiger partial charge is 0.0943 e. The van der Waals surface area contributed by atoms with Crippen molar-refractivity contribution < 1.29 is 0 Å². The number of thiazole rings is 1. The van der Waals surface area contributed by atoms with Crippen LogP contribution in [0.4, 0.5) is 0 Å². The maximum atomic E-state index is 6.00. The van der Waals surface area contributed by atoms with Crippen LogP contribution >= 0.6 is 11.3 Å². The van der Waals surface area contributed by atoms with Crippen molar-refractivity contribution in [1.29, 1.82) is 0 Å². The summed E-state index contributed by atoms with van der Waals surface area (Å²) in [5, 5.41) is 3.20. The third-order valence-electron chi connectivity index (χ3n) is 2.15. The highest BCUT2D eigenvalue weighted by atomic mass is 32.1. The Kier molecular flexibility index (Phi) is 4.29. The van der Waals surface area contributed by atoms with Crippen LogP contribution in [0.3, 0.4) is 0 Å². The van der Waals surface area contributed by atoms with Crippen molar-refractivity contribution in [3.63, 3.8) is 0 Å². The third-order valence-corrected chi connectivity index (χ3v) is 3.14. The minimum atomic E-state index is 0.174. The fourth-order valence-corrected chi connectivity index (χ4v) is 2.17. The van der Waals surface area contributed by atoms with E-state index in [9.17, 15) is 0 Å². The first-order valence-corrected chi connectivity index (χ1v) is 5.83. The highest BCUT2D eigenvalue weighted by Gasteiger charge is 2.07. The van der Waals surface area contributed by atoms with Crippen LogP contribution in [0.1, 0.15) is 30.5 Å². The minimum Gasteiger partial charge on any atom is -0.327 e. The molecular weight excluding hydrogens is 192 g/mol. The molecule has 0 aliphatic carbocycles. The maximum Gasteiger partial charge on any atom is 0.0943 e. The van der Waals surface area contributed by atoms with Crippen LogP contribution in [0.5, 0.6) is 0 Å². The molecule has 0 aliphatic rings. The number of aromatic nitrogens is 1. The predicted molar refractivity (Wildman–Crippen MR) is 62.6 cm³/mol. The Morgan fingerprint density at radius 3 is 2.93 bits per heavy atom. The molecule has 2 nitrogen and oxygen atoms in total. The molecule has 1 aromatic heterocycles. The lowest BCUT2D eigenvalue weighted by molar-refractivity contribution is 0.648. The quantitative estimate of drug-likeness (QED) is 0.759. The molecule has 0 saturated carbocycles. The summed E-state index contributed by atoms with van der Waals surface area (Å²) in [6, 6.07) is 0.174. The van der Waals surface area contributed by atoms with Gasteiger partial charge in [0.1, 0.15) is 0 Å². The second-order valence-electron chi connectivity index (χ2n) is 3.65. The Labute approximate surface area is 89.9 Å². The largest absolute Gasteiger partial charge is 0.327 e. The summed E-state index contributed by atoms with van der Waals surface area (Å²) in [5.41, 5.74) is 8.31. The third kappa shape index (κ3) is 3.60. The van der Waals surface area contributed by atoms with Gasteiger partial charge in [-0.3, -0.25) is 0 Å². The van der Waals surface area contributed by atoms with Crippen molar-refractivity contribution >= 4 is 11.3 Å². The van der Waals surface area contributed by atoms with Gasteiger partial charge < -0.3 is 5.73 Å². The molecule has 1 heterocycles. The molecule has 1 aromatic rings. The van der Waals surface area contributed by atoms with Crippen LogP contribution in [0.25, 0.3) is 0 Å². The highest BCUT2D eigenvalue weighted by molar-refractivity contribution is 7.09. The molecule has 1 rings (SSSR count). The van der Waals surface area contributed by atoms with Crippen LogP contribution in [0, 0.1) is 6.92 Å². The molecule has 1 atom stereocenters. The number of hydrogen-bond acceptors (Lipinski definition) is 3. The fourth-order valence-electron chi connectivity index (χ4n) is 1.31. The van der Waals surface area contributed by atoms with Crippen LogP contribution < -0.4 is 5.73 Å². The lowest BCUT2D eigenvalue weighted by Crippen LogP contribution is -2.23.